The van der Waals surface area contributed by atoms with Crippen molar-refractivity contribution in [1.82, 2.24) is 4.57 Å². The summed E-state index contributed by atoms with van der Waals surface area (Å²) in [5, 5.41) is 6.60. The Morgan fingerprint density at radius 3 is 1.60 bits per heavy atom. The standard InChI is InChI=1S/C36H24NO2P/c38-40(26-13-3-1-4-14-26,27-15-5-2-6-16-27)35-24-25(23-31-30-19-9-12-22-34(30)39-36(31)35)37-32-20-10-7-17-28(32)29-18-8-11-21-33(29)37/h1-24H. The van der Waals surface area contributed by atoms with Crippen LogP contribution in [0.4, 0.5) is 0 Å². The first-order chi connectivity index (χ1) is 19.7. The van der Waals surface area contributed by atoms with Gasteiger partial charge in [-0.15, -0.1) is 0 Å². The van der Waals surface area contributed by atoms with Gasteiger partial charge in [-0.05, 0) is 30.3 Å². The van der Waals surface area contributed by atoms with Crippen LogP contribution in [0.1, 0.15) is 0 Å². The van der Waals surface area contributed by atoms with Gasteiger partial charge < -0.3 is 13.5 Å². The lowest BCUT2D eigenvalue weighted by atomic mass is 10.1. The molecule has 0 amide bonds. The molecular weight excluding hydrogens is 509 g/mol. The molecule has 190 valence electrons. The number of para-hydroxylation sites is 3. The molecule has 0 saturated heterocycles. The highest BCUT2D eigenvalue weighted by Crippen LogP contribution is 2.47. The monoisotopic (exact) mass is 533 g/mol. The van der Waals surface area contributed by atoms with E-state index in [0.717, 1.165) is 43.7 Å². The molecule has 8 aromatic rings. The molecule has 0 saturated carbocycles. The Morgan fingerprint density at radius 1 is 0.500 bits per heavy atom. The number of rotatable bonds is 4. The van der Waals surface area contributed by atoms with E-state index in [-0.39, 0.29) is 0 Å². The second kappa shape index (κ2) is 8.84. The molecule has 0 bridgehead atoms. The highest BCUT2D eigenvalue weighted by molar-refractivity contribution is 7.85. The van der Waals surface area contributed by atoms with Gasteiger partial charge >= 0.3 is 0 Å². The maximum Gasteiger partial charge on any atom is 0.174 e. The molecule has 0 aliphatic heterocycles. The molecule has 3 nitrogen and oxygen atoms in total. The summed E-state index contributed by atoms with van der Waals surface area (Å²) in [6.45, 7) is 0. The molecule has 0 spiro atoms. The lowest BCUT2D eigenvalue weighted by molar-refractivity contribution is 0.592. The Hall–Kier alpha value is -4.85. The van der Waals surface area contributed by atoms with E-state index in [9.17, 15) is 0 Å². The molecule has 8 rings (SSSR count). The van der Waals surface area contributed by atoms with Crippen molar-refractivity contribution in [2.45, 2.75) is 0 Å². The van der Waals surface area contributed by atoms with Crippen molar-refractivity contribution < 1.29 is 8.98 Å². The molecule has 0 N–H and O–H groups in total. The number of fused-ring (bicyclic) bond motifs is 6. The number of nitrogens with zero attached hydrogens (tertiary/aromatic N) is 1. The van der Waals surface area contributed by atoms with Gasteiger partial charge in [-0.25, -0.2) is 0 Å². The van der Waals surface area contributed by atoms with Gasteiger partial charge in [0.1, 0.15) is 11.2 Å². The third kappa shape index (κ3) is 3.28. The summed E-state index contributed by atoms with van der Waals surface area (Å²) in [6.07, 6.45) is 0. The lowest BCUT2D eigenvalue weighted by Gasteiger charge is -2.21. The molecule has 4 heteroatoms. The molecule has 0 aliphatic rings. The van der Waals surface area contributed by atoms with Gasteiger partial charge in [0.25, 0.3) is 0 Å². The van der Waals surface area contributed by atoms with E-state index in [0.29, 0.717) is 10.9 Å². The fraction of sp³-hybridized carbons (Fsp3) is 0. The van der Waals surface area contributed by atoms with Crippen LogP contribution in [-0.4, -0.2) is 4.57 Å². The topological polar surface area (TPSA) is 35.1 Å². The van der Waals surface area contributed by atoms with Crippen molar-refractivity contribution in [2.24, 2.45) is 0 Å². The predicted octanol–water partition coefficient (Wildman–Crippen LogP) is 8.32. The maximum atomic E-state index is 15.7. The van der Waals surface area contributed by atoms with Gasteiger partial charge in [0.15, 0.2) is 7.14 Å². The van der Waals surface area contributed by atoms with Crippen molar-refractivity contribution in [3.05, 3.63) is 146 Å². The van der Waals surface area contributed by atoms with E-state index in [1.165, 1.54) is 10.8 Å². The SMILES string of the molecule is O=P(c1ccccc1)(c1ccccc1)c1cc(-n2c3ccccc3c3ccccc32)cc2c1oc1ccccc12. The Labute approximate surface area is 231 Å². The van der Waals surface area contributed by atoms with Crippen LogP contribution in [-0.2, 0) is 4.57 Å². The van der Waals surface area contributed by atoms with Gasteiger partial charge in [0.2, 0.25) is 0 Å². The van der Waals surface area contributed by atoms with Crippen LogP contribution in [0, 0.1) is 0 Å². The van der Waals surface area contributed by atoms with E-state index >= 15 is 4.57 Å². The maximum absolute atomic E-state index is 15.7. The predicted molar refractivity (Wildman–Crippen MR) is 167 cm³/mol. The summed E-state index contributed by atoms with van der Waals surface area (Å²) in [5.41, 5.74) is 4.62. The molecular formula is C36H24NO2P. The minimum atomic E-state index is -3.33. The molecule has 0 fully saturated rings. The van der Waals surface area contributed by atoms with Crippen LogP contribution in [0.3, 0.4) is 0 Å². The molecule has 2 aromatic heterocycles. The lowest BCUT2D eigenvalue weighted by Crippen LogP contribution is -2.25. The second-order valence-electron chi connectivity index (χ2n) is 10.1. The number of hydrogen-bond acceptors (Lipinski definition) is 2. The zero-order valence-electron chi connectivity index (χ0n) is 21.6. The van der Waals surface area contributed by atoms with E-state index in [2.05, 4.69) is 71.3 Å². The summed E-state index contributed by atoms with van der Waals surface area (Å²) in [7, 11) is -3.33. The van der Waals surface area contributed by atoms with Crippen molar-refractivity contribution >= 4 is 66.8 Å². The van der Waals surface area contributed by atoms with Crippen molar-refractivity contribution in [1.29, 1.82) is 0 Å². The number of benzene rings is 6. The summed E-state index contributed by atoms with van der Waals surface area (Å²) < 4.78 is 24.5. The molecule has 0 aliphatic carbocycles. The zero-order chi connectivity index (χ0) is 26.7. The first-order valence-corrected chi connectivity index (χ1v) is 15.1. The van der Waals surface area contributed by atoms with Crippen molar-refractivity contribution in [3.8, 4) is 5.69 Å². The fourth-order valence-corrected chi connectivity index (χ4v) is 8.87. The van der Waals surface area contributed by atoms with Crippen molar-refractivity contribution in [2.75, 3.05) is 0 Å². The Balaban J connectivity index is 1.56. The molecule has 40 heavy (non-hydrogen) atoms. The van der Waals surface area contributed by atoms with Gasteiger partial charge in [-0.2, -0.15) is 0 Å². The average molecular weight is 534 g/mol. The first kappa shape index (κ1) is 23.1. The smallest absolute Gasteiger partial charge is 0.174 e. The Morgan fingerprint density at radius 2 is 1.00 bits per heavy atom. The molecule has 6 aromatic carbocycles. The van der Waals surface area contributed by atoms with Crippen LogP contribution in [0.2, 0.25) is 0 Å². The average Bonchev–Trinajstić information content (AvgIpc) is 3.57. The summed E-state index contributed by atoms with van der Waals surface area (Å²) >= 11 is 0. The Bertz CT molecular complexity index is 2150. The molecule has 0 unspecified atom stereocenters. The van der Waals surface area contributed by atoms with Crippen LogP contribution in [0.25, 0.3) is 49.4 Å². The zero-order valence-corrected chi connectivity index (χ0v) is 22.5. The van der Waals surface area contributed by atoms with Gasteiger partial charge in [0.05, 0.1) is 16.3 Å². The normalized spacial score (nSPS) is 12.1. The summed E-state index contributed by atoms with van der Waals surface area (Å²) in [4.78, 5) is 0. The van der Waals surface area contributed by atoms with Gasteiger partial charge in [-0.3, -0.25) is 0 Å². The van der Waals surface area contributed by atoms with Crippen LogP contribution in [0.5, 0.6) is 0 Å². The fourth-order valence-electron chi connectivity index (χ4n) is 6.06. The number of hydrogen-bond donors (Lipinski definition) is 0. The van der Waals surface area contributed by atoms with Crippen molar-refractivity contribution in [3.63, 3.8) is 0 Å². The minimum Gasteiger partial charge on any atom is -0.455 e. The van der Waals surface area contributed by atoms with E-state index < -0.39 is 7.14 Å². The third-order valence-corrected chi connectivity index (χ3v) is 10.9. The van der Waals surface area contributed by atoms with E-state index in [4.69, 9.17) is 4.42 Å². The largest absolute Gasteiger partial charge is 0.455 e. The summed E-state index contributed by atoms with van der Waals surface area (Å²) in [5.74, 6) is 0. The van der Waals surface area contributed by atoms with Gasteiger partial charge in [-0.1, -0.05) is 115 Å². The molecule has 2 heterocycles. The summed E-state index contributed by atoms with van der Waals surface area (Å²) in [6, 6.07) is 48.9. The van der Waals surface area contributed by atoms with Crippen LogP contribution in [0.15, 0.2) is 150 Å². The number of aromatic nitrogens is 1. The Kier molecular flexibility index (Phi) is 5.10. The van der Waals surface area contributed by atoms with E-state index in [1.807, 2.05) is 78.9 Å². The van der Waals surface area contributed by atoms with E-state index in [1.54, 1.807) is 0 Å². The second-order valence-corrected chi connectivity index (χ2v) is 12.8. The minimum absolute atomic E-state index is 0.668. The van der Waals surface area contributed by atoms with Crippen LogP contribution < -0.4 is 15.9 Å². The third-order valence-electron chi connectivity index (χ3n) is 7.86. The first-order valence-electron chi connectivity index (χ1n) is 13.4. The molecule has 0 radical (unpaired) electrons. The van der Waals surface area contributed by atoms with Crippen LogP contribution >= 0.6 is 7.14 Å². The number of furan rings is 1. The van der Waals surface area contributed by atoms with Gasteiger partial charge in [0, 0.05) is 37.8 Å². The highest BCUT2D eigenvalue weighted by atomic mass is 31.2. The highest BCUT2D eigenvalue weighted by Gasteiger charge is 2.34. The quantitative estimate of drug-likeness (QED) is 0.213. The molecule has 0 atom stereocenters.